The van der Waals surface area contributed by atoms with E-state index in [0.717, 1.165) is 24.2 Å². The number of thiophene rings is 1. The van der Waals surface area contributed by atoms with Crippen LogP contribution in [0.3, 0.4) is 0 Å². The van der Waals surface area contributed by atoms with E-state index in [9.17, 15) is 8.42 Å². The van der Waals surface area contributed by atoms with Gasteiger partial charge >= 0.3 is 0 Å². The van der Waals surface area contributed by atoms with Crippen molar-refractivity contribution in [2.45, 2.75) is 51.4 Å². The first-order chi connectivity index (χ1) is 9.77. The Bertz CT molecular complexity index is 509. The molecule has 0 unspecified atom stereocenters. The fourth-order valence-electron chi connectivity index (χ4n) is 1.87. The maximum absolute atomic E-state index is 12.7. The second kappa shape index (κ2) is 8.27. The molecule has 0 fully saturated rings. The molecule has 0 aliphatic rings. The van der Waals surface area contributed by atoms with Gasteiger partial charge in [0.2, 0.25) is 0 Å². The third kappa shape index (κ3) is 5.70. The molecule has 0 amide bonds. The Morgan fingerprint density at radius 3 is 2.00 bits per heavy atom. The van der Waals surface area contributed by atoms with E-state index in [0.29, 0.717) is 34.0 Å². The average molecular weight is 334 g/mol. The minimum atomic E-state index is -3.44. The third-order valence-electron chi connectivity index (χ3n) is 3.30. The number of sulfonamides is 1. The largest absolute Gasteiger partial charge is 0.391 e. The van der Waals surface area contributed by atoms with Gasteiger partial charge in [-0.3, -0.25) is 0 Å². The molecule has 1 aromatic heterocycles. The molecule has 122 valence electrons. The molecule has 0 aliphatic carbocycles. The Kier molecular flexibility index (Phi) is 7.33. The molecule has 4 nitrogen and oxygen atoms in total. The topological polar surface area (TPSA) is 57.6 Å². The van der Waals surface area contributed by atoms with Crippen LogP contribution in [-0.4, -0.2) is 30.9 Å². The standard InChI is InChI=1S/C15H27NO3S2/c1-12(2)7-9-16(10-8-13(3)4)21(18,19)15-6-5-14(11-17)20-15/h5-6,12-13,17H,7-11H2,1-4H3. The van der Waals surface area contributed by atoms with Gasteiger partial charge in [-0.2, -0.15) is 4.31 Å². The van der Waals surface area contributed by atoms with Crippen molar-refractivity contribution in [1.82, 2.24) is 4.31 Å². The Labute approximate surface area is 132 Å². The Morgan fingerprint density at radius 1 is 1.10 bits per heavy atom. The molecule has 0 spiro atoms. The number of hydrogen-bond donors (Lipinski definition) is 1. The lowest BCUT2D eigenvalue weighted by Crippen LogP contribution is -2.33. The first-order valence-electron chi connectivity index (χ1n) is 7.47. The summed E-state index contributed by atoms with van der Waals surface area (Å²) >= 11 is 1.16. The Balaban J connectivity index is 2.92. The molecule has 0 saturated heterocycles. The Hall–Kier alpha value is -0.430. The first-order valence-corrected chi connectivity index (χ1v) is 9.72. The maximum Gasteiger partial charge on any atom is 0.252 e. The lowest BCUT2D eigenvalue weighted by molar-refractivity contribution is 0.285. The highest BCUT2D eigenvalue weighted by Gasteiger charge is 2.26. The summed E-state index contributed by atoms with van der Waals surface area (Å²) in [4.78, 5) is 0.682. The van der Waals surface area contributed by atoms with E-state index in [4.69, 9.17) is 5.11 Å². The van der Waals surface area contributed by atoms with Crippen molar-refractivity contribution in [2.24, 2.45) is 11.8 Å². The van der Waals surface area contributed by atoms with Gasteiger partial charge in [-0.1, -0.05) is 27.7 Å². The average Bonchev–Trinajstić information content (AvgIpc) is 2.87. The van der Waals surface area contributed by atoms with Gasteiger partial charge < -0.3 is 5.11 Å². The quantitative estimate of drug-likeness (QED) is 0.754. The van der Waals surface area contributed by atoms with Gasteiger partial charge in [-0.25, -0.2) is 8.42 Å². The molecule has 0 atom stereocenters. The zero-order valence-electron chi connectivity index (χ0n) is 13.4. The second-order valence-corrected chi connectivity index (χ2v) is 9.48. The summed E-state index contributed by atoms with van der Waals surface area (Å²) in [5.74, 6) is 0.941. The van der Waals surface area contributed by atoms with Crippen molar-refractivity contribution in [2.75, 3.05) is 13.1 Å². The number of hydrogen-bond acceptors (Lipinski definition) is 4. The molecule has 1 N–H and O–H groups in total. The van der Waals surface area contributed by atoms with Crippen LogP contribution in [-0.2, 0) is 16.6 Å². The van der Waals surface area contributed by atoms with E-state index < -0.39 is 10.0 Å². The second-order valence-electron chi connectivity index (χ2n) is 6.15. The molecular weight excluding hydrogens is 306 g/mol. The fraction of sp³-hybridized carbons (Fsp3) is 0.733. The fourth-order valence-corrected chi connectivity index (χ4v) is 4.71. The summed E-state index contributed by atoms with van der Waals surface area (Å²) < 4.78 is 27.4. The summed E-state index contributed by atoms with van der Waals surface area (Å²) in [5.41, 5.74) is 0. The van der Waals surface area contributed by atoms with Crippen LogP contribution in [0.1, 0.15) is 45.4 Å². The summed E-state index contributed by atoms with van der Waals surface area (Å²) in [6.07, 6.45) is 1.71. The Morgan fingerprint density at radius 2 is 1.62 bits per heavy atom. The molecule has 0 aliphatic heterocycles. The van der Waals surface area contributed by atoms with Gasteiger partial charge in [0.1, 0.15) is 4.21 Å². The van der Waals surface area contributed by atoms with Gasteiger partial charge in [0.05, 0.1) is 6.61 Å². The van der Waals surface area contributed by atoms with Crippen LogP contribution >= 0.6 is 11.3 Å². The molecule has 0 aromatic carbocycles. The summed E-state index contributed by atoms with van der Waals surface area (Å²) in [6.45, 7) is 9.39. The summed E-state index contributed by atoms with van der Waals surface area (Å²) in [6, 6.07) is 3.28. The van der Waals surface area contributed by atoms with Gasteiger partial charge in [-0.15, -0.1) is 11.3 Å². The molecule has 0 radical (unpaired) electrons. The molecule has 6 heteroatoms. The van der Waals surface area contributed by atoms with E-state index in [1.165, 1.54) is 0 Å². The summed E-state index contributed by atoms with van der Waals surface area (Å²) in [7, 11) is -3.44. The number of aliphatic hydroxyl groups excluding tert-OH is 1. The van der Waals surface area contributed by atoms with Crippen molar-refractivity contribution in [3.8, 4) is 0 Å². The van der Waals surface area contributed by atoms with Crippen molar-refractivity contribution in [1.29, 1.82) is 0 Å². The number of rotatable bonds is 9. The van der Waals surface area contributed by atoms with Crippen molar-refractivity contribution >= 4 is 21.4 Å². The van der Waals surface area contributed by atoms with Crippen LogP contribution in [0.4, 0.5) is 0 Å². The smallest absolute Gasteiger partial charge is 0.252 e. The van der Waals surface area contributed by atoms with Gasteiger partial charge in [0.25, 0.3) is 10.0 Å². The zero-order chi connectivity index (χ0) is 16.0. The van der Waals surface area contributed by atoms with E-state index in [-0.39, 0.29) is 6.61 Å². The molecule has 0 bridgehead atoms. The lowest BCUT2D eigenvalue weighted by atomic mass is 10.1. The maximum atomic E-state index is 12.7. The van der Waals surface area contributed by atoms with Crippen LogP contribution < -0.4 is 0 Å². The minimum absolute atomic E-state index is 0.113. The summed E-state index contributed by atoms with van der Waals surface area (Å²) in [5, 5.41) is 9.11. The third-order valence-corrected chi connectivity index (χ3v) is 6.73. The highest BCUT2D eigenvalue weighted by molar-refractivity contribution is 7.91. The van der Waals surface area contributed by atoms with Crippen molar-refractivity contribution in [3.05, 3.63) is 17.0 Å². The van der Waals surface area contributed by atoms with E-state index in [1.807, 2.05) is 0 Å². The normalized spacial score (nSPS) is 12.8. The minimum Gasteiger partial charge on any atom is -0.391 e. The van der Waals surface area contributed by atoms with Gasteiger partial charge in [0, 0.05) is 18.0 Å². The van der Waals surface area contributed by atoms with Crippen molar-refractivity contribution in [3.63, 3.8) is 0 Å². The van der Waals surface area contributed by atoms with Crippen LogP contribution in [0.5, 0.6) is 0 Å². The number of nitrogens with zero attached hydrogens (tertiary/aromatic N) is 1. The van der Waals surface area contributed by atoms with Crippen LogP contribution in [0, 0.1) is 11.8 Å². The highest BCUT2D eigenvalue weighted by Crippen LogP contribution is 2.26. The lowest BCUT2D eigenvalue weighted by Gasteiger charge is -2.23. The van der Waals surface area contributed by atoms with Gasteiger partial charge in [0.15, 0.2) is 0 Å². The van der Waals surface area contributed by atoms with E-state index >= 15 is 0 Å². The monoisotopic (exact) mass is 333 g/mol. The SMILES string of the molecule is CC(C)CCN(CCC(C)C)S(=O)(=O)c1ccc(CO)s1. The number of aliphatic hydroxyl groups is 1. The van der Waals surface area contributed by atoms with Crippen LogP contribution in [0.2, 0.25) is 0 Å². The molecular formula is C15H27NO3S2. The highest BCUT2D eigenvalue weighted by atomic mass is 32.2. The van der Waals surface area contributed by atoms with Gasteiger partial charge in [-0.05, 0) is 36.8 Å². The van der Waals surface area contributed by atoms with Crippen LogP contribution in [0.15, 0.2) is 16.3 Å². The molecule has 1 heterocycles. The predicted octanol–water partition coefficient (Wildman–Crippen LogP) is 3.32. The van der Waals surface area contributed by atoms with E-state index in [1.54, 1.807) is 16.4 Å². The first kappa shape index (κ1) is 18.6. The zero-order valence-corrected chi connectivity index (χ0v) is 15.0. The predicted molar refractivity (Wildman–Crippen MR) is 87.9 cm³/mol. The van der Waals surface area contributed by atoms with Crippen LogP contribution in [0.25, 0.3) is 0 Å². The van der Waals surface area contributed by atoms with E-state index in [2.05, 4.69) is 27.7 Å². The molecule has 1 rings (SSSR count). The molecule has 1 aromatic rings. The van der Waals surface area contributed by atoms with Crippen molar-refractivity contribution < 1.29 is 13.5 Å². The molecule has 0 saturated carbocycles. The molecule has 21 heavy (non-hydrogen) atoms.